The smallest absolute Gasteiger partial charge is 0.0998 e. The quantitative estimate of drug-likeness (QED) is 0.166. The summed E-state index contributed by atoms with van der Waals surface area (Å²) in [5.74, 6) is 0. The monoisotopic (exact) mass is 765 g/mol. The van der Waals surface area contributed by atoms with Gasteiger partial charge in [0.1, 0.15) is 0 Å². The van der Waals surface area contributed by atoms with Crippen LogP contribution in [0.15, 0.2) is 200 Å². The van der Waals surface area contributed by atoms with E-state index in [2.05, 4.69) is 205 Å². The first-order chi connectivity index (χ1) is 29.5. The second-order valence-electron chi connectivity index (χ2n) is 15.9. The molecule has 2 heterocycles. The first kappa shape index (κ1) is 35.2. The van der Waals surface area contributed by atoms with Crippen LogP contribution in [0.2, 0.25) is 0 Å². The Hall–Kier alpha value is -7.93. The van der Waals surface area contributed by atoms with Gasteiger partial charge in [-0.25, -0.2) is 0 Å². The summed E-state index contributed by atoms with van der Waals surface area (Å²) < 4.78 is 4.81. The molecule has 3 heteroatoms. The van der Waals surface area contributed by atoms with E-state index >= 15 is 0 Å². The molecule has 0 N–H and O–H groups in total. The summed E-state index contributed by atoms with van der Waals surface area (Å²) in [6, 6.07) is 74.4. The average Bonchev–Trinajstić information content (AvgIpc) is 3.80. The van der Waals surface area contributed by atoms with Gasteiger partial charge in [-0.15, -0.1) is 0 Å². The van der Waals surface area contributed by atoms with E-state index in [0.29, 0.717) is 5.56 Å². The van der Waals surface area contributed by atoms with Crippen LogP contribution in [-0.4, -0.2) is 9.13 Å². The topological polar surface area (TPSA) is 33.6 Å². The molecule has 11 rings (SSSR count). The molecule has 0 aliphatic heterocycles. The van der Waals surface area contributed by atoms with Crippen LogP contribution in [0.25, 0.3) is 99.5 Å². The molecular formula is C57H39N3. The molecule has 0 saturated carbocycles. The summed E-state index contributed by atoms with van der Waals surface area (Å²) in [5.41, 5.74) is 18.4. The third-order valence-corrected chi connectivity index (χ3v) is 12.0. The maximum atomic E-state index is 10.8. The van der Waals surface area contributed by atoms with Crippen LogP contribution >= 0.6 is 0 Å². The van der Waals surface area contributed by atoms with Gasteiger partial charge < -0.3 is 9.13 Å². The Morgan fingerprint density at radius 3 is 1.15 bits per heavy atom. The number of rotatable bonds is 6. The van der Waals surface area contributed by atoms with Gasteiger partial charge in [-0.1, -0.05) is 139 Å². The molecule has 282 valence electrons. The number of hydrogen-bond acceptors (Lipinski definition) is 1. The minimum Gasteiger partial charge on any atom is -0.309 e. The van der Waals surface area contributed by atoms with Gasteiger partial charge >= 0.3 is 0 Å². The Labute approximate surface area is 349 Å². The summed E-state index contributed by atoms with van der Waals surface area (Å²) >= 11 is 0. The SMILES string of the molecule is Cc1ccc2c(c1)c1cc(C)ccc1n2-c1cc(-c2ccc(-c3ccccc3)cc2C#N)cc(-n2c3ccc(-c4ccccc4)cc3c3cc(-c4ccccc4)ccc32)c1. The molecule has 0 amide bonds. The lowest BCUT2D eigenvalue weighted by molar-refractivity contribution is 1.13. The molecule has 0 radical (unpaired) electrons. The zero-order valence-electron chi connectivity index (χ0n) is 33.4. The highest BCUT2D eigenvalue weighted by molar-refractivity contribution is 6.12. The lowest BCUT2D eigenvalue weighted by Gasteiger charge is -2.17. The predicted molar refractivity (Wildman–Crippen MR) is 251 cm³/mol. The van der Waals surface area contributed by atoms with Crippen LogP contribution in [0.3, 0.4) is 0 Å². The van der Waals surface area contributed by atoms with Crippen molar-refractivity contribution in [3.63, 3.8) is 0 Å². The third-order valence-electron chi connectivity index (χ3n) is 12.0. The Balaban J connectivity index is 1.22. The van der Waals surface area contributed by atoms with Crippen LogP contribution in [0.1, 0.15) is 16.7 Å². The van der Waals surface area contributed by atoms with Crippen molar-refractivity contribution in [1.29, 1.82) is 5.26 Å². The number of aryl methyl sites for hydroxylation is 2. The maximum Gasteiger partial charge on any atom is 0.0998 e. The van der Waals surface area contributed by atoms with Crippen LogP contribution in [0, 0.1) is 25.2 Å². The fourth-order valence-electron chi connectivity index (χ4n) is 9.16. The van der Waals surface area contributed by atoms with E-state index in [9.17, 15) is 5.26 Å². The van der Waals surface area contributed by atoms with E-state index < -0.39 is 0 Å². The zero-order valence-corrected chi connectivity index (χ0v) is 33.4. The molecule has 11 aromatic rings. The minimum absolute atomic E-state index is 0.634. The molecule has 0 aliphatic carbocycles. The zero-order chi connectivity index (χ0) is 40.3. The largest absolute Gasteiger partial charge is 0.309 e. The van der Waals surface area contributed by atoms with Crippen LogP contribution in [-0.2, 0) is 0 Å². The summed E-state index contributed by atoms with van der Waals surface area (Å²) in [5, 5.41) is 15.6. The second kappa shape index (κ2) is 14.2. The molecule has 3 nitrogen and oxygen atoms in total. The summed E-state index contributed by atoms with van der Waals surface area (Å²) in [4.78, 5) is 0. The highest BCUT2D eigenvalue weighted by atomic mass is 15.0. The van der Waals surface area contributed by atoms with Crippen molar-refractivity contribution < 1.29 is 0 Å². The molecule has 0 unspecified atom stereocenters. The Morgan fingerprint density at radius 1 is 0.333 bits per heavy atom. The number of hydrogen-bond donors (Lipinski definition) is 0. The van der Waals surface area contributed by atoms with Crippen LogP contribution in [0.4, 0.5) is 0 Å². The first-order valence-corrected chi connectivity index (χ1v) is 20.5. The molecular weight excluding hydrogens is 727 g/mol. The van der Waals surface area contributed by atoms with E-state index in [4.69, 9.17) is 0 Å². The fourth-order valence-corrected chi connectivity index (χ4v) is 9.16. The van der Waals surface area contributed by atoms with Crippen LogP contribution in [0.5, 0.6) is 0 Å². The van der Waals surface area contributed by atoms with Crippen molar-refractivity contribution >= 4 is 43.6 Å². The van der Waals surface area contributed by atoms with Crippen molar-refractivity contribution in [2.24, 2.45) is 0 Å². The molecule has 0 spiro atoms. The van der Waals surface area contributed by atoms with Crippen molar-refractivity contribution in [2.45, 2.75) is 13.8 Å². The van der Waals surface area contributed by atoms with Gasteiger partial charge in [-0.05, 0) is 131 Å². The van der Waals surface area contributed by atoms with Crippen LogP contribution < -0.4 is 0 Å². The lowest BCUT2D eigenvalue weighted by atomic mass is 9.94. The van der Waals surface area contributed by atoms with E-state index in [-0.39, 0.29) is 0 Å². The number of nitrogens with zero attached hydrogens (tertiary/aromatic N) is 3. The van der Waals surface area contributed by atoms with Crippen molar-refractivity contribution in [3.8, 4) is 62.0 Å². The summed E-state index contributed by atoms with van der Waals surface area (Å²) in [7, 11) is 0. The lowest BCUT2D eigenvalue weighted by Crippen LogP contribution is -2.01. The normalized spacial score (nSPS) is 11.5. The number of benzene rings is 9. The van der Waals surface area contributed by atoms with E-state index in [0.717, 1.165) is 55.7 Å². The number of nitriles is 1. The standard InChI is InChI=1S/C57H39N3/c1-37-18-24-54-50(28-37)51-29-38(2)19-25-55(51)59(54)47-31-45(49-23-20-42(30-46(49)36-58)39-12-6-3-7-13-39)32-48(35-47)60-56-26-21-43(40-14-8-4-9-15-40)33-52(56)53-34-44(22-27-57(53)60)41-16-10-5-11-17-41/h3-35H,1-2H3. The third kappa shape index (κ3) is 5.89. The second-order valence-corrected chi connectivity index (χ2v) is 15.9. The van der Waals surface area contributed by atoms with E-state index in [1.54, 1.807) is 0 Å². The number of aromatic nitrogens is 2. The van der Waals surface area contributed by atoms with Crippen molar-refractivity contribution in [2.75, 3.05) is 0 Å². The molecule has 0 fully saturated rings. The molecule has 60 heavy (non-hydrogen) atoms. The maximum absolute atomic E-state index is 10.8. The van der Waals surface area contributed by atoms with Gasteiger partial charge in [0.25, 0.3) is 0 Å². The molecule has 0 aliphatic rings. The number of fused-ring (bicyclic) bond motifs is 6. The first-order valence-electron chi connectivity index (χ1n) is 20.5. The van der Waals surface area contributed by atoms with Gasteiger partial charge in [0.15, 0.2) is 0 Å². The highest BCUT2D eigenvalue weighted by Gasteiger charge is 2.20. The van der Waals surface area contributed by atoms with Gasteiger partial charge in [0, 0.05) is 32.9 Å². The van der Waals surface area contributed by atoms with E-state index in [1.165, 1.54) is 54.9 Å². The Morgan fingerprint density at radius 2 is 0.717 bits per heavy atom. The van der Waals surface area contributed by atoms with E-state index in [1.807, 2.05) is 24.3 Å². The van der Waals surface area contributed by atoms with Gasteiger partial charge in [-0.2, -0.15) is 5.26 Å². The van der Waals surface area contributed by atoms with Crippen molar-refractivity contribution in [3.05, 3.63) is 217 Å². The van der Waals surface area contributed by atoms with Crippen molar-refractivity contribution in [1.82, 2.24) is 9.13 Å². The predicted octanol–water partition coefficient (Wildman–Crippen LogP) is 15.0. The average molecular weight is 766 g/mol. The fraction of sp³-hybridized carbons (Fsp3) is 0.0351. The molecule has 0 atom stereocenters. The van der Waals surface area contributed by atoms with Gasteiger partial charge in [0.05, 0.1) is 33.7 Å². The summed E-state index contributed by atoms with van der Waals surface area (Å²) in [6.07, 6.45) is 0. The molecule has 9 aromatic carbocycles. The Kier molecular flexibility index (Phi) is 8.32. The Bertz CT molecular complexity index is 3340. The van der Waals surface area contributed by atoms with Gasteiger partial charge in [-0.3, -0.25) is 0 Å². The molecule has 0 bridgehead atoms. The molecule has 2 aromatic heterocycles. The van der Waals surface area contributed by atoms with Gasteiger partial charge in [0.2, 0.25) is 0 Å². The molecule has 0 saturated heterocycles. The highest BCUT2D eigenvalue weighted by Crippen LogP contribution is 2.41. The summed E-state index contributed by atoms with van der Waals surface area (Å²) in [6.45, 7) is 4.32. The minimum atomic E-state index is 0.634.